The number of hydrogen-bond donors (Lipinski definition) is 1. The van der Waals surface area contributed by atoms with Crippen molar-refractivity contribution in [2.45, 2.75) is 25.7 Å². The van der Waals surface area contributed by atoms with Gasteiger partial charge in [-0.1, -0.05) is 12.1 Å². The second-order valence-corrected chi connectivity index (χ2v) is 7.46. The fraction of sp³-hybridized carbons (Fsp3) is 0.333. The zero-order valence-corrected chi connectivity index (χ0v) is 15.2. The molecule has 6 heteroatoms. The molecule has 2 aromatic rings. The molecule has 2 aromatic carbocycles. The van der Waals surface area contributed by atoms with Crippen molar-refractivity contribution in [2.24, 2.45) is 0 Å². The monoisotopic (exact) mass is 349 g/mol. The average Bonchev–Trinajstić information content (AvgIpc) is 2.50. The third kappa shape index (κ3) is 4.72. The molecule has 0 radical (unpaired) electrons. The Balaban J connectivity index is 1.99. The maximum atomic E-state index is 12.4. The van der Waals surface area contributed by atoms with Crippen LogP contribution in [0.3, 0.4) is 0 Å². The Morgan fingerprint density at radius 2 is 1.62 bits per heavy atom. The van der Waals surface area contributed by atoms with E-state index in [4.69, 9.17) is 9.47 Å². The molecule has 24 heavy (non-hydrogen) atoms. The van der Waals surface area contributed by atoms with Gasteiger partial charge in [-0.3, -0.25) is 0 Å². The Kier molecular flexibility index (Phi) is 5.85. The number of methoxy groups -OCH3 is 1. The van der Waals surface area contributed by atoms with E-state index in [-0.39, 0.29) is 18.0 Å². The molecule has 0 atom stereocenters. The predicted octanol–water partition coefficient (Wildman–Crippen LogP) is 2.98. The first-order valence-corrected chi connectivity index (χ1v) is 9.15. The molecule has 0 amide bonds. The van der Waals surface area contributed by atoms with Crippen LogP contribution in [0.1, 0.15) is 16.7 Å². The molecule has 0 aliphatic heterocycles. The fourth-order valence-corrected chi connectivity index (χ4v) is 3.70. The standard InChI is InChI=1S/C18H23NO4S/c1-13-5-6-17(22-4)18(12-13)24(20,21)19-7-8-23-16-10-14(2)9-15(3)11-16/h5-6,9-12,19H,7-8H2,1-4H3. The number of rotatable bonds is 7. The quantitative estimate of drug-likeness (QED) is 0.781. The number of aryl methyl sites for hydroxylation is 3. The van der Waals surface area contributed by atoms with Crippen molar-refractivity contribution in [1.82, 2.24) is 4.72 Å². The molecule has 0 spiro atoms. The van der Waals surface area contributed by atoms with Crippen LogP contribution in [0.5, 0.6) is 11.5 Å². The highest BCUT2D eigenvalue weighted by atomic mass is 32.2. The van der Waals surface area contributed by atoms with Crippen LogP contribution in [0.4, 0.5) is 0 Å². The predicted molar refractivity (Wildman–Crippen MR) is 94.3 cm³/mol. The van der Waals surface area contributed by atoms with Gasteiger partial charge in [-0.2, -0.15) is 0 Å². The van der Waals surface area contributed by atoms with Gasteiger partial charge >= 0.3 is 0 Å². The summed E-state index contributed by atoms with van der Waals surface area (Å²) in [6, 6.07) is 10.9. The highest BCUT2D eigenvalue weighted by molar-refractivity contribution is 7.89. The van der Waals surface area contributed by atoms with Gasteiger partial charge in [0.25, 0.3) is 0 Å². The van der Waals surface area contributed by atoms with Gasteiger partial charge in [0.05, 0.1) is 7.11 Å². The second kappa shape index (κ2) is 7.68. The molecule has 0 aliphatic rings. The molecule has 130 valence electrons. The molecule has 0 saturated heterocycles. The van der Waals surface area contributed by atoms with E-state index in [9.17, 15) is 8.42 Å². The SMILES string of the molecule is COc1ccc(C)cc1S(=O)(=O)NCCOc1cc(C)cc(C)c1. The zero-order valence-electron chi connectivity index (χ0n) is 14.4. The van der Waals surface area contributed by atoms with Gasteiger partial charge in [0.1, 0.15) is 23.0 Å². The van der Waals surface area contributed by atoms with Crippen molar-refractivity contribution in [3.63, 3.8) is 0 Å². The Morgan fingerprint density at radius 3 is 2.25 bits per heavy atom. The highest BCUT2D eigenvalue weighted by Gasteiger charge is 2.19. The Hall–Kier alpha value is -2.05. The summed E-state index contributed by atoms with van der Waals surface area (Å²) < 4.78 is 38.2. The summed E-state index contributed by atoms with van der Waals surface area (Å²) in [5.41, 5.74) is 3.06. The molecular weight excluding hydrogens is 326 g/mol. The molecule has 0 aliphatic carbocycles. The summed E-state index contributed by atoms with van der Waals surface area (Å²) in [6.07, 6.45) is 0. The van der Waals surface area contributed by atoms with Gasteiger partial charge < -0.3 is 9.47 Å². The summed E-state index contributed by atoms with van der Waals surface area (Å²) in [5, 5.41) is 0. The maximum absolute atomic E-state index is 12.4. The Labute approximate surface area is 143 Å². The van der Waals surface area contributed by atoms with Crippen molar-refractivity contribution < 1.29 is 17.9 Å². The van der Waals surface area contributed by atoms with Gasteiger partial charge in [-0.15, -0.1) is 0 Å². The minimum absolute atomic E-state index is 0.136. The van der Waals surface area contributed by atoms with E-state index >= 15 is 0 Å². The number of hydrogen-bond acceptors (Lipinski definition) is 4. The molecule has 2 rings (SSSR count). The molecule has 0 bridgehead atoms. The molecule has 0 unspecified atom stereocenters. The maximum Gasteiger partial charge on any atom is 0.244 e. The van der Waals surface area contributed by atoms with Crippen molar-refractivity contribution in [3.8, 4) is 11.5 Å². The van der Waals surface area contributed by atoms with Gasteiger partial charge in [0, 0.05) is 6.54 Å². The van der Waals surface area contributed by atoms with Crippen molar-refractivity contribution >= 4 is 10.0 Å². The van der Waals surface area contributed by atoms with E-state index in [0.717, 1.165) is 22.4 Å². The molecule has 5 nitrogen and oxygen atoms in total. The number of sulfonamides is 1. The van der Waals surface area contributed by atoms with Crippen LogP contribution >= 0.6 is 0 Å². The minimum Gasteiger partial charge on any atom is -0.495 e. The van der Waals surface area contributed by atoms with Crippen molar-refractivity contribution in [1.29, 1.82) is 0 Å². The first-order valence-electron chi connectivity index (χ1n) is 7.67. The first-order chi connectivity index (χ1) is 11.3. The van der Waals surface area contributed by atoms with Crippen LogP contribution in [0.25, 0.3) is 0 Å². The zero-order chi connectivity index (χ0) is 17.7. The summed E-state index contributed by atoms with van der Waals surface area (Å²) in [7, 11) is -2.20. The lowest BCUT2D eigenvalue weighted by Gasteiger charge is -2.12. The number of nitrogens with one attached hydrogen (secondary N) is 1. The van der Waals surface area contributed by atoms with Gasteiger partial charge in [-0.05, 0) is 61.7 Å². The Bertz CT molecular complexity index is 796. The van der Waals surface area contributed by atoms with Crippen LogP contribution in [-0.4, -0.2) is 28.7 Å². The molecule has 0 heterocycles. The van der Waals surface area contributed by atoms with E-state index in [1.807, 2.05) is 32.9 Å². The number of benzene rings is 2. The first kappa shape index (κ1) is 18.3. The topological polar surface area (TPSA) is 64.6 Å². The van der Waals surface area contributed by atoms with Crippen molar-refractivity contribution in [2.75, 3.05) is 20.3 Å². The van der Waals surface area contributed by atoms with E-state index in [0.29, 0.717) is 5.75 Å². The van der Waals surface area contributed by atoms with E-state index in [1.54, 1.807) is 18.2 Å². The second-order valence-electron chi connectivity index (χ2n) is 5.72. The van der Waals surface area contributed by atoms with E-state index in [1.165, 1.54) is 7.11 Å². The lowest BCUT2D eigenvalue weighted by molar-refractivity contribution is 0.322. The smallest absolute Gasteiger partial charge is 0.244 e. The molecule has 0 fully saturated rings. The molecular formula is C18H23NO4S. The number of ether oxygens (including phenoxy) is 2. The van der Waals surface area contributed by atoms with Crippen LogP contribution < -0.4 is 14.2 Å². The van der Waals surface area contributed by atoms with Crippen LogP contribution in [-0.2, 0) is 10.0 Å². The molecule has 0 aromatic heterocycles. The lowest BCUT2D eigenvalue weighted by Crippen LogP contribution is -2.28. The highest BCUT2D eigenvalue weighted by Crippen LogP contribution is 2.24. The average molecular weight is 349 g/mol. The summed E-state index contributed by atoms with van der Waals surface area (Å²) in [5.74, 6) is 1.06. The fourth-order valence-electron chi connectivity index (χ4n) is 2.43. The van der Waals surface area contributed by atoms with Gasteiger partial charge in [0.2, 0.25) is 10.0 Å². The normalized spacial score (nSPS) is 11.3. The lowest BCUT2D eigenvalue weighted by atomic mass is 10.1. The van der Waals surface area contributed by atoms with Crippen LogP contribution in [0.15, 0.2) is 41.3 Å². The Morgan fingerprint density at radius 1 is 0.958 bits per heavy atom. The van der Waals surface area contributed by atoms with E-state index in [2.05, 4.69) is 10.8 Å². The third-order valence-electron chi connectivity index (χ3n) is 3.47. The molecule has 0 saturated carbocycles. The van der Waals surface area contributed by atoms with Crippen LogP contribution in [0, 0.1) is 20.8 Å². The largest absolute Gasteiger partial charge is 0.495 e. The van der Waals surface area contributed by atoms with Gasteiger partial charge in [-0.25, -0.2) is 13.1 Å². The summed E-state index contributed by atoms with van der Waals surface area (Å²) >= 11 is 0. The van der Waals surface area contributed by atoms with Crippen LogP contribution in [0.2, 0.25) is 0 Å². The van der Waals surface area contributed by atoms with E-state index < -0.39 is 10.0 Å². The minimum atomic E-state index is -3.65. The summed E-state index contributed by atoms with van der Waals surface area (Å²) in [4.78, 5) is 0.136. The third-order valence-corrected chi connectivity index (χ3v) is 4.95. The summed E-state index contributed by atoms with van der Waals surface area (Å²) in [6.45, 7) is 6.24. The molecule has 1 N–H and O–H groups in total. The van der Waals surface area contributed by atoms with Crippen molar-refractivity contribution in [3.05, 3.63) is 53.1 Å². The van der Waals surface area contributed by atoms with Gasteiger partial charge in [0.15, 0.2) is 0 Å².